The SMILES string of the molecule is COC1=CC(C2c3cc4c(cc3[C@@H](Nc3ccc(F)cc3)C3COC(=O)[C@H]23)OCO4)=CC(=O)C1=O. The Hall–Kier alpha value is -4.14. The number of nitrogens with one attached hydrogen (secondary N) is 1. The lowest BCUT2D eigenvalue weighted by molar-refractivity contribution is -0.141. The molecule has 0 radical (unpaired) electrons. The van der Waals surface area contributed by atoms with Crippen molar-refractivity contribution in [3.63, 3.8) is 0 Å². The van der Waals surface area contributed by atoms with Crippen molar-refractivity contribution >= 4 is 23.2 Å². The summed E-state index contributed by atoms with van der Waals surface area (Å²) < 4.78 is 35.4. The summed E-state index contributed by atoms with van der Waals surface area (Å²) >= 11 is 0. The van der Waals surface area contributed by atoms with Crippen molar-refractivity contribution in [3.8, 4) is 11.5 Å². The van der Waals surface area contributed by atoms with Gasteiger partial charge >= 0.3 is 5.97 Å². The fraction of sp³-hybridized carbons (Fsp3) is 0.269. The molecule has 8 nitrogen and oxygen atoms in total. The van der Waals surface area contributed by atoms with Gasteiger partial charge < -0.3 is 24.3 Å². The zero-order chi connectivity index (χ0) is 24.3. The molecular formula is C26H20FNO7. The number of benzene rings is 2. The number of halogens is 1. The van der Waals surface area contributed by atoms with E-state index in [4.69, 9.17) is 18.9 Å². The topological polar surface area (TPSA) is 100 Å². The lowest BCUT2D eigenvalue weighted by Gasteiger charge is -2.40. The fourth-order valence-corrected chi connectivity index (χ4v) is 5.40. The van der Waals surface area contributed by atoms with Crippen molar-refractivity contribution in [2.45, 2.75) is 12.0 Å². The van der Waals surface area contributed by atoms with Crippen LogP contribution in [0.25, 0.3) is 0 Å². The molecule has 2 unspecified atom stereocenters. The van der Waals surface area contributed by atoms with Crippen LogP contribution in [0.5, 0.6) is 11.5 Å². The van der Waals surface area contributed by atoms with Gasteiger partial charge in [-0.25, -0.2) is 4.39 Å². The summed E-state index contributed by atoms with van der Waals surface area (Å²) in [5, 5.41) is 3.43. The first kappa shape index (κ1) is 21.4. The van der Waals surface area contributed by atoms with Gasteiger partial charge in [-0.15, -0.1) is 0 Å². The minimum absolute atomic E-state index is 0.0667. The zero-order valence-corrected chi connectivity index (χ0v) is 18.6. The molecule has 2 aliphatic heterocycles. The molecule has 0 aromatic heterocycles. The first-order valence-electron chi connectivity index (χ1n) is 11.1. The van der Waals surface area contributed by atoms with Gasteiger partial charge in [0.1, 0.15) is 5.82 Å². The highest BCUT2D eigenvalue weighted by atomic mass is 19.1. The molecule has 4 aliphatic rings. The van der Waals surface area contributed by atoms with E-state index in [1.807, 2.05) is 12.1 Å². The number of allylic oxidation sites excluding steroid dienone is 4. The third kappa shape index (κ3) is 3.38. The van der Waals surface area contributed by atoms with Gasteiger partial charge in [-0.3, -0.25) is 14.4 Å². The summed E-state index contributed by atoms with van der Waals surface area (Å²) in [7, 11) is 1.32. The molecule has 0 spiro atoms. The highest BCUT2D eigenvalue weighted by molar-refractivity contribution is 6.47. The molecular weight excluding hydrogens is 457 g/mol. The second-order valence-electron chi connectivity index (χ2n) is 8.81. The Labute approximate surface area is 199 Å². The van der Waals surface area contributed by atoms with Crippen molar-refractivity contribution in [3.05, 3.63) is 76.8 Å². The number of rotatable bonds is 4. The third-order valence-electron chi connectivity index (χ3n) is 6.98. The second-order valence-corrected chi connectivity index (χ2v) is 8.81. The van der Waals surface area contributed by atoms with Gasteiger partial charge in [0, 0.05) is 17.5 Å². The average molecular weight is 477 g/mol. The van der Waals surface area contributed by atoms with E-state index >= 15 is 0 Å². The number of carbonyl (C=O) groups excluding carboxylic acids is 3. The molecule has 2 aromatic rings. The van der Waals surface area contributed by atoms with Crippen molar-refractivity contribution in [2.24, 2.45) is 11.8 Å². The molecule has 6 rings (SSSR count). The van der Waals surface area contributed by atoms with Crippen molar-refractivity contribution in [1.82, 2.24) is 0 Å². The minimum Gasteiger partial charge on any atom is -0.492 e. The molecule has 1 N–H and O–H groups in total. The van der Waals surface area contributed by atoms with Gasteiger partial charge in [-0.1, -0.05) is 0 Å². The Morgan fingerprint density at radius 3 is 2.40 bits per heavy atom. The number of methoxy groups -OCH3 is 1. The van der Waals surface area contributed by atoms with E-state index in [0.29, 0.717) is 22.8 Å². The number of Topliss-reactive ketones (excluding diaryl/α,β-unsaturated/α-hetero) is 1. The maximum absolute atomic E-state index is 13.5. The molecule has 9 heteroatoms. The Kier molecular flexibility index (Phi) is 4.87. The van der Waals surface area contributed by atoms with Crippen LogP contribution < -0.4 is 14.8 Å². The number of esters is 1. The highest BCUT2D eigenvalue weighted by Gasteiger charge is 2.53. The second kappa shape index (κ2) is 7.97. The van der Waals surface area contributed by atoms with Crippen LogP contribution in [-0.4, -0.2) is 38.0 Å². The monoisotopic (exact) mass is 477 g/mol. The van der Waals surface area contributed by atoms with Crippen molar-refractivity contribution in [2.75, 3.05) is 25.8 Å². The first-order valence-corrected chi connectivity index (χ1v) is 11.1. The van der Waals surface area contributed by atoms with Gasteiger partial charge in [0.15, 0.2) is 17.3 Å². The molecule has 1 fully saturated rings. The van der Waals surface area contributed by atoms with E-state index in [1.165, 1.54) is 31.4 Å². The summed E-state index contributed by atoms with van der Waals surface area (Å²) in [6, 6.07) is 9.27. The van der Waals surface area contributed by atoms with Crippen LogP contribution in [-0.2, 0) is 23.9 Å². The van der Waals surface area contributed by atoms with E-state index in [2.05, 4.69) is 5.32 Å². The number of cyclic esters (lactones) is 1. The highest BCUT2D eigenvalue weighted by Crippen LogP contribution is 2.55. The summed E-state index contributed by atoms with van der Waals surface area (Å²) in [5.41, 5.74) is 2.74. The van der Waals surface area contributed by atoms with Crippen LogP contribution in [0.3, 0.4) is 0 Å². The van der Waals surface area contributed by atoms with Gasteiger partial charge in [-0.2, -0.15) is 0 Å². The maximum atomic E-state index is 13.5. The number of hydrogen-bond acceptors (Lipinski definition) is 8. The quantitative estimate of drug-likeness (QED) is 0.407. The molecule has 2 heterocycles. The van der Waals surface area contributed by atoms with Crippen LogP contribution >= 0.6 is 0 Å². The Balaban J connectivity index is 1.53. The molecule has 0 bridgehead atoms. The van der Waals surface area contributed by atoms with E-state index < -0.39 is 29.4 Å². The van der Waals surface area contributed by atoms with E-state index in [0.717, 1.165) is 11.1 Å². The van der Waals surface area contributed by atoms with Crippen LogP contribution in [0.2, 0.25) is 0 Å². The first-order chi connectivity index (χ1) is 16.9. The lowest BCUT2D eigenvalue weighted by Crippen LogP contribution is -2.38. The number of ether oxygens (including phenoxy) is 4. The number of hydrogen-bond donors (Lipinski definition) is 1. The average Bonchev–Trinajstić information content (AvgIpc) is 3.47. The van der Waals surface area contributed by atoms with Gasteiger partial charge in [0.2, 0.25) is 12.6 Å². The largest absolute Gasteiger partial charge is 0.492 e. The predicted octanol–water partition coefficient (Wildman–Crippen LogP) is 3.20. The molecule has 0 saturated carbocycles. The third-order valence-corrected chi connectivity index (χ3v) is 6.98. The van der Waals surface area contributed by atoms with E-state index in [1.54, 1.807) is 12.1 Å². The Morgan fingerprint density at radius 1 is 0.971 bits per heavy atom. The van der Waals surface area contributed by atoms with E-state index in [-0.39, 0.29) is 36.9 Å². The van der Waals surface area contributed by atoms with Gasteiger partial charge in [0.25, 0.3) is 5.78 Å². The van der Waals surface area contributed by atoms with Crippen LogP contribution in [0.1, 0.15) is 23.1 Å². The molecule has 2 aromatic carbocycles. The molecule has 35 heavy (non-hydrogen) atoms. The summed E-state index contributed by atoms with van der Waals surface area (Å²) in [5.74, 6) is -2.71. The Bertz CT molecular complexity index is 1330. The van der Waals surface area contributed by atoms with E-state index in [9.17, 15) is 18.8 Å². The summed E-state index contributed by atoms with van der Waals surface area (Å²) in [4.78, 5) is 37.7. The smallest absolute Gasteiger partial charge is 0.310 e. The minimum atomic E-state index is -0.737. The van der Waals surface area contributed by atoms with Crippen LogP contribution in [0.15, 0.2) is 59.9 Å². The number of carbonyl (C=O) groups is 3. The molecule has 0 amide bonds. The fourth-order valence-electron chi connectivity index (χ4n) is 5.40. The van der Waals surface area contributed by atoms with Crippen molar-refractivity contribution < 1.29 is 37.7 Å². The predicted molar refractivity (Wildman–Crippen MR) is 119 cm³/mol. The number of ketones is 2. The molecule has 2 aliphatic carbocycles. The van der Waals surface area contributed by atoms with Crippen LogP contribution in [0, 0.1) is 17.7 Å². The summed E-state index contributed by atoms with van der Waals surface area (Å²) in [6.45, 7) is 0.227. The molecule has 4 atom stereocenters. The summed E-state index contributed by atoms with van der Waals surface area (Å²) in [6.07, 6.45) is 2.78. The van der Waals surface area contributed by atoms with Crippen molar-refractivity contribution in [1.29, 1.82) is 0 Å². The molecule has 178 valence electrons. The maximum Gasteiger partial charge on any atom is 0.310 e. The molecule has 1 saturated heterocycles. The standard InChI is InChI=1S/C26H20FNO7/c1-32-21-7-12(6-18(29)25(21)30)22-15-8-19-20(35-11-34-19)9-16(15)24(17-10-33-26(31)23(17)22)28-14-4-2-13(27)3-5-14/h2-9,17,22-24,28H,10-11H2,1H3/t17?,22?,23-,24+/m0/s1. The van der Waals surface area contributed by atoms with Gasteiger partial charge in [-0.05, 0) is 65.3 Å². The number of fused-ring (bicyclic) bond motifs is 3. The lowest BCUT2D eigenvalue weighted by atomic mass is 9.64. The number of anilines is 1. The Morgan fingerprint density at radius 2 is 1.69 bits per heavy atom. The van der Waals surface area contributed by atoms with Gasteiger partial charge in [0.05, 0.1) is 25.7 Å². The van der Waals surface area contributed by atoms with Crippen LogP contribution in [0.4, 0.5) is 10.1 Å². The normalized spacial score (nSPS) is 26.4. The zero-order valence-electron chi connectivity index (χ0n) is 18.6.